The highest BCUT2D eigenvalue weighted by atomic mass is 79.9. The Bertz CT molecular complexity index is 788. The molecular formula is C18H15BrN2O. The lowest BCUT2D eigenvalue weighted by molar-refractivity contribution is -0.112. The van der Waals surface area contributed by atoms with Gasteiger partial charge < -0.3 is 5.32 Å². The summed E-state index contributed by atoms with van der Waals surface area (Å²) in [6, 6.07) is 15.0. The standard InChI is InChI=1S/C18H15BrN2O/c1-12-7-8-16(9-13(12)2)21-18(22)15(11-20)10-14-5-3-4-6-17(14)19/h3-10H,1-2H3,(H,21,22)/b15-10+. The molecule has 2 aromatic rings. The van der Waals surface area contributed by atoms with Gasteiger partial charge in [0, 0.05) is 10.2 Å². The summed E-state index contributed by atoms with van der Waals surface area (Å²) < 4.78 is 0.835. The van der Waals surface area contributed by atoms with E-state index in [0.717, 1.165) is 21.2 Å². The molecule has 0 atom stereocenters. The van der Waals surface area contributed by atoms with Crippen LogP contribution in [-0.4, -0.2) is 5.91 Å². The topological polar surface area (TPSA) is 52.9 Å². The van der Waals surface area contributed by atoms with Crippen molar-refractivity contribution in [3.8, 4) is 6.07 Å². The summed E-state index contributed by atoms with van der Waals surface area (Å²) in [5.74, 6) is -0.415. The zero-order valence-electron chi connectivity index (χ0n) is 12.4. The second-order valence-corrected chi connectivity index (χ2v) is 5.80. The smallest absolute Gasteiger partial charge is 0.266 e. The van der Waals surface area contributed by atoms with E-state index in [1.54, 1.807) is 6.08 Å². The summed E-state index contributed by atoms with van der Waals surface area (Å²) in [5.41, 5.74) is 3.77. The van der Waals surface area contributed by atoms with E-state index in [1.165, 1.54) is 0 Å². The Morgan fingerprint density at radius 1 is 1.18 bits per heavy atom. The van der Waals surface area contributed by atoms with Gasteiger partial charge in [-0.2, -0.15) is 5.26 Å². The predicted octanol–water partition coefficient (Wildman–Crippen LogP) is 4.61. The number of halogens is 1. The average molecular weight is 355 g/mol. The van der Waals surface area contributed by atoms with Crippen LogP contribution in [0, 0.1) is 25.2 Å². The first kappa shape index (κ1) is 16.0. The van der Waals surface area contributed by atoms with E-state index in [0.29, 0.717) is 5.69 Å². The molecule has 0 spiro atoms. The van der Waals surface area contributed by atoms with Gasteiger partial charge in [0.2, 0.25) is 0 Å². The number of nitrogens with zero attached hydrogens (tertiary/aromatic N) is 1. The maximum Gasteiger partial charge on any atom is 0.266 e. The molecule has 110 valence electrons. The third-order valence-electron chi connectivity index (χ3n) is 3.33. The molecule has 22 heavy (non-hydrogen) atoms. The van der Waals surface area contributed by atoms with E-state index in [2.05, 4.69) is 21.2 Å². The van der Waals surface area contributed by atoms with Crippen molar-refractivity contribution in [2.24, 2.45) is 0 Å². The fourth-order valence-electron chi connectivity index (χ4n) is 1.91. The van der Waals surface area contributed by atoms with E-state index < -0.39 is 5.91 Å². The first-order chi connectivity index (χ1) is 10.5. The van der Waals surface area contributed by atoms with E-state index in [9.17, 15) is 10.1 Å². The molecule has 0 radical (unpaired) electrons. The molecule has 1 amide bonds. The minimum atomic E-state index is -0.415. The minimum Gasteiger partial charge on any atom is -0.321 e. The second kappa shape index (κ2) is 7.06. The lowest BCUT2D eigenvalue weighted by Gasteiger charge is -2.07. The normalized spacial score (nSPS) is 10.9. The molecule has 0 aliphatic heterocycles. The van der Waals surface area contributed by atoms with Crippen molar-refractivity contribution in [1.82, 2.24) is 0 Å². The first-order valence-corrected chi connectivity index (χ1v) is 7.55. The van der Waals surface area contributed by atoms with Gasteiger partial charge in [-0.3, -0.25) is 4.79 Å². The van der Waals surface area contributed by atoms with Gasteiger partial charge in [0.25, 0.3) is 5.91 Å². The molecule has 0 saturated heterocycles. The van der Waals surface area contributed by atoms with Gasteiger partial charge in [-0.25, -0.2) is 0 Å². The lowest BCUT2D eigenvalue weighted by atomic mass is 10.1. The van der Waals surface area contributed by atoms with Gasteiger partial charge in [-0.15, -0.1) is 0 Å². The molecule has 4 heteroatoms. The van der Waals surface area contributed by atoms with Gasteiger partial charge in [0.15, 0.2) is 0 Å². The Labute approximate surface area is 138 Å². The SMILES string of the molecule is Cc1ccc(NC(=O)/C(C#N)=C/c2ccccc2Br)cc1C. The number of rotatable bonds is 3. The predicted molar refractivity (Wildman–Crippen MR) is 92.3 cm³/mol. The van der Waals surface area contributed by atoms with Gasteiger partial charge >= 0.3 is 0 Å². The van der Waals surface area contributed by atoms with Crippen LogP contribution in [0.2, 0.25) is 0 Å². The van der Waals surface area contributed by atoms with Crippen LogP contribution in [0.15, 0.2) is 52.5 Å². The summed E-state index contributed by atoms with van der Waals surface area (Å²) in [4.78, 5) is 12.2. The number of carbonyl (C=O) groups excluding carboxylic acids is 1. The second-order valence-electron chi connectivity index (χ2n) is 4.94. The third kappa shape index (κ3) is 3.84. The Kier molecular flexibility index (Phi) is 5.13. The molecule has 0 unspecified atom stereocenters. The molecule has 2 rings (SSSR count). The quantitative estimate of drug-likeness (QED) is 0.646. The summed E-state index contributed by atoms with van der Waals surface area (Å²) in [6.07, 6.45) is 1.57. The monoisotopic (exact) mass is 354 g/mol. The van der Waals surface area contributed by atoms with Crippen LogP contribution in [0.5, 0.6) is 0 Å². The minimum absolute atomic E-state index is 0.0603. The van der Waals surface area contributed by atoms with Crippen LogP contribution in [-0.2, 0) is 4.79 Å². The maximum atomic E-state index is 12.2. The molecular weight excluding hydrogens is 340 g/mol. The van der Waals surface area contributed by atoms with Crippen molar-refractivity contribution >= 4 is 33.6 Å². The van der Waals surface area contributed by atoms with Crippen LogP contribution in [0.1, 0.15) is 16.7 Å². The maximum absolute atomic E-state index is 12.2. The largest absolute Gasteiger partial charge is 0.321 e. The van der Waals surface area contributed by atoms with Crippen LogP contribution < -0.4 is 5.32 Å². The summed E-state index contributed by atoms with van der Waals surface area (Å²) in [6.45, 7) is 3.99. The molecule has 0 fully saturated rings. The van der Waals surface area contributed by atoms with E-state index in [-0.39, 0.29) is 5.57 Å². The number of nitrogens with one attached hydrogen (secondary N) is 1. The van der Waals surface area contributed by atoms with E-state index in [4.69, 9.17) is 0 Å². The number of aryl methyl sites for hydroxylation is 2. The van der Waals surface area contributed by atoms with Crippen molar-refractivity contribution in [2.45, 2.75) is 13.8 Å². The summed E-state index contributed by atoms with van der Waals surface area (Å²) in [7, 11) is 0. The molecule has 0 aliphatic carbocycles. The number of benzene rings is 2. The Hall–Kier alpha value is -2.38. The molecule has 0 saturated carbocycles. The molecule has 0 aliphatic rings. The number of nitriles is 1. The lowest BCUT2D eigenvalue weighted by Crippen LogP contribution is -2.13. The zero-order chi connectivity index (χ0) is 16.1. The Morgan fingerprint density at radius 3 is 2.55 bits per heavy atom. The molecule has 0 heterocycles. The third-order valence-corrected chi connectivity index (χ3v) is 4.06. The highest BCUT2D eigenvalue weighted by Crippen LogP contribution is 2.20. The Morgan fingerprint density at radius 2 is 1.91 bits per heavy atom. The number of hydrogen-bond acceptors (Lipinski definition) is 2. The van der Waals surface area contributed by atoms with Crippen molar-refractivity contribution in [1.29, 1.82) is 5.26 Å². The first-order valence-electron chi connectivity index (χ1n) is 6.76. The number of amides is 1. The van der Waals surface area contributed by atoms with Crippen molar-refractivity contribution < 1.29 is 4.79 Å². The van der Waals surface area contributed by atoms with Gasteiger partial charge in [0.05, 0.1) is 0 Å². The fraction of sp³-hybridized carbons (Fsp3) is 0.111. The van der Waals surface area contributed by atoms with Crippen LogP contribution in [0.3, 0.4) is 0 Å². The Balaban J connectivity index is 2.24. The molecule has 2 aromatic carbocycles. The number of hydrogen-bond donors (Lipinski definition) is 1. The number of carbonyl (C=O) groups is 1. The van der Waals surface area contributed by atoms with Gasteiger partial charge in [-0.1, -0.05) is 40.2 Å². The van der Waals surface area contributed by atoms with Gasteiger partial charge in [0.1, 0.15) is 11.6 Å². The molecule has 0 aromatic heterocycles. The average Bonchev–Trinajstić information content (AvgIpc) is 2.50. The summed E-state index contributed by atoms with van der Waals surface area (Å²) >= 11 is 3.40. The van der Waals surface area contributed by atoms with Crippen LogP contribution >= 0.6 is 15.9 Å². The van der Waals surface area contributed by atoms with Crippen molar-refractivity contribution in [2.75, 3.05) is 5.32 Å². The zero-order valence-corrected chi connectivity index (χ0v) is 13.9. The van der Waals surface area contributed by atoms with Crippen LogP contribution in [0.4, 0.5) is 5.69 Å². The summed E-state index contributed by atoms with van der Waals surface area (Å²) in [5, 5.41) is 12.0. The molecule has 3 nitrogen and oxygen atoms in total. The van der Waals surface area contributed by atoms with E-state index in [1.807, 2.05) is 62.4 Å². The molecule has 0 bridgehead atoms. The number of anilines is 1. The highest BCUT2D eigenvalue weighted by molar-refractivity contribution is 9.10. The highest BCUT2D eigenvalue weighted by Gasteiger charge is 2.10. The van der Waals surface area contributed by atoms with E-state index >= 15 is 0 Å². The van der Waals surface area contributed by atoms with Crippen LogP contribution in [0.25, 0.3) is 6.08 Å². The van der Waals surface area contributed by atoms with Crippen molar-refractivity contribution in [3.63, 3.8) is 0 Å². The van der Waals surface area contributed by atoms with Crippen molar-refractivity contribution in [3.05, 3.63) is 69.2 Å². The fourth-order valence-corrected chi connectivity index (χ4v) is 2.31. The molecule has 1 N–H and O–H groups in total. The van der Waals surface area contributed by atoms with Gasteiger partial charge in [-0.05, 0) is 54.8 Å².